The molecule has 20 heavy (non-hydrogen) atoms. The summed E-state index contributed by atoms with van der Waals surface area (Å²) in [7, 11) is 0. The minimum absolute atomic E-state index is 0.287. The van der Waals surface area contributed by atoms with Gasteiger partial charge < -0.3 is 0 Å². The van der Waals surface area contributed by atoms with Gasteiger partial charge in [0.2, 0.25) is 0 Å². The Morgan fingerprint density at radius 2 is 1.95 bits per heavy atom. The lowest BCUT2D eigenvalue weighted by atomic mass is 9.76. The van der Waals surface area contributed by atoms with Crippen molar-refractivity contribution in [2.24, 2.45) is 11.8 Å². The molecule has 2 rings (SSSR count). The summed E-state index contributed by atoms with van der Waals surface area (Å²) in [5.41, 5.74) is 0. The number of hydrogen-bond donors (Lipinski definition) is 0. The molecular weight excluding hydrogens is 244 g/mol. The normalized spacial score (nSPS) is 36.2. The summed E-state index contributed by atoms with van der Waals surface area (Å²) in [5.74, 6) is 1.16. The molecule has 0 aromatic rings. The fourth-order valence-electron chi connectivity index (χ4n) is 4.49. The Morgan fingerprint density at radius 3 is 2.65 bits per heavy atom. The minimum Gasteiger partial charge on any atom is -0.296 e. The first kappa shape index (κ1) is 15.8. The predicted molar refractivity (Wildman–Crippen MR) is 84.4 cm³/mol. The Balaban J connectivity index is 2.09. The van der Waals surface area contributed by atoms with Crippen molar-refractivity contribution in [2.75, 3.05) is 6.54 Å². The maximum absolute atomic E-state index is 9.56. The zero-order chi connectivity index (χ0) is 14.4. The Morgan fingerprint density at radius 1 is 1.10 bits per heavy atom. The molecule has 0 aromatic heterocycles. The third kappa shape index (κ3) is 3.76. The fourth-order valence-corrected chi connectivity index (χ4v) is 4.49. The van der Waals surface area contributed by atoms with E-state index in [1.165, 1.54) is 64.3 Å². The molecule has 114 valence electrons. The van der Waals surface area contributed by atoms with Gasteiger partial charge in [0.25, 0.3) is 0 Å². The Bertz CT molecular complexity index is 320. The molecular formula is C18H32N2. The van der Waals surface area contributed by atoms with Gasteiger partial charge in [-0.15, -0.1) is 0 Å². The maximum Gasteiger partial charge on any atom is 0.0672 e. The van der Waals surface area contributed by atoms with E-state index in [-0.39, 0.29) is 5.92 Å². The third-order valence-corrected chi connectivity index (χ3v) is 5.61. The lowest BCUT2D eigenvalue weighted by molar-refractivity contribution is 0.0601. The van der Waals surface area contributed by atoms with Gasteiger partial charge in [0.05, 0.1) is 12.0 Å². The van der Waals surface area contributed by atoms with Gasteiger partial charge in [-0.25, -0.2) is 0 Å². The van der Waals surface area contributed by atoms with Crippen LogP contribution in [0.4, 0.5) is 0 Å². The van der Waals surface area contributed by atoms with Crippen LogP contribution in [-0.4, -0.2) is 23.5 Å². The molecule has 0 spiro atoms. The second-order valence-electron chi connectivity index (χ2n) is 6.92. The van der Waals surface area contributed by atoms with Crippen molar-refractivity contribution in [1.29, 1.82) is 5.26 Å². The topological polar surface area (TPSA) is 27.0 Å². The van der Waals surface area contributed by atoms with Crippen LogP contribution in [0.3, 0.4) is 0 Å². The van der Waals surface area contributed by atoms with Gasteiger partial charge in [-0.2, -0.15) is 5.26 Å². The van der Waals surface area contributed by atoms with Crippen LogP contribution in [0.15, 0.2) is 0 Å². The summed E-state index contributed by atoms with van der Waals surface area (Å²) in [6, 6.07) is 3.92. The molecule has 1 heterocycles. The van der Waals surface area contributed by atoms with E-state index < -0.39 is 0 Å². The zero-order valence-electron chi connectivity index (χ0n) is 13.5. The number of likely N-dealkylation sites (tertiary alicyclic amines) is 1. The zero-order valence-corrected chi connectivity index (χ0v) is 13.5. The highest BCUT2D eigenvalue weighted by molar-refractivity contribution is 4.99. The van der Waals surface area contributed by atoms with E-state index in [0.29, 0.717) is 6.04 Å². The molecule has 2 aliphatic rings. The van der Waals surface area contributed by atoms with E-state index in [0.717, 1.165) is 18.4 Å². The van der Waals surface area contributed by atoms with Crippen molar-refractivity contribution in [2.45, 2.75) is 90.1 Å². The van der Waals surface area contributed by atoms with Crippen LogP contribution in [0.5, 0.6) is 0 Å². The number of rotatable bonds is 4. The fraction of sp³-hybridized carbons (Fsp3) is 0.944. The smallest absolute Gasteiger partial charge is 0.0672 e. The highest BCUT2D eigenvalue weighted by Crippen LogP contribution is 2.37. The first-order chi connectivity index (χ1) is 9.80. The van der Waals surface area contributed by atoms with Crippen LogP contribution in [0.1, 0.15) is 78.1 Å². The molecule has 2 fully saturated rings. The summed E-state index contributed by atoms with van der Waals surface area (Å²) >= 11 is 0. The second kappa shape index (κ2) is 8.03. The molecule has 0 aromatic carbocycles. The molecule has 1 saturated heterocycles. The monoisotopic (exact) mass is 276 g/mol. The summed E-state index contributed by atoms with van der Waals surface area (Å²) in [5, 5.41) is 9.56. The quantitative estimate of drug-likeness (QED) is 0.741. The van der Waals surface area contributed by atoms with E-state index in [4.69, 9.17) is 0 Å². The molecule has 4 unspecified atom stereocenters. The summed E-state index contributed by atoms with van der Waals surface area (Å²) < 4.78 is 0. The molecule has 0 bridgehead atoms. The standard InChI is InChI=1S/C18H32N2/c1-3-8-15-10-11-16(14-19)18(13-15)20-12-7-5-6-9-17(20)4-2/h15-18H,3-13H2,1-2H3. The Kier molecular flexibility index (Phi) is 6.36. The highest BCUT2D eigenvalue weighted by atomic mass is 15.2. The van der Waals surface area contributed by atoms with E-state index >= 15 is 0 Å². The lowest BCUT2D eigenvalue weighted by Gasteiger charge is -2.43. The summed E-state index contributed by atoms with van der Waals surface area (Å²) in [6.07, 6.45) is 13.1. The predicted octanol–water partition coefficient (Wildman–Crippen LogP) is 4.75. The van der Waals surface area contributed by atoms with Crippen molar-refractivity contribution >= 4 is 0 Å². The molecule has 1 aliphatic carbocycles. The first-order valence-corrected chi connectivity index (χ1v) is 8.95. The van der Waals surface area contributed by atoms with Crippen LogP contribution >= 0.6 is 0 Å². The molecule has 4 atom stereocenters. The van der Waals surface area contributed by atoms with Gasteiger partial charge in [0, 0.05) is 12.1 Å². The van der Waals surface area contributed by atoms with Gasteiger partial charge in [-0.1, -0.05) is 39.5 Å². The van der Waals surface area contributed by atoms with E-state index in [9.17, 15) is 5.26 Å². The van der Waals surface area contributed by atoms with E-state index in [1.54, 1.807) is 0 Å². The van der Waals surface area contributed by atoms with Gasteiger partial charge in [-0.3, -0.25) is 4.90 Å². The summed E-state index contributed by atoms with van der Waals surface area (Å²) in [4.78, 5) is 2.75. The molecule has 2 nitrogen and oxygen atoms in total. The van der Waals surface area contributed by atoms with Crippen molar-refractivity contribution in [3.05, 3.63) is 0 Å². The molecule has 1 aliphatic heterocycles. The highest BCUT2D eigenvalue weighted by Gasteiger charge is 2.36. The second-order valence-corrected chi connectivity index (χ2v) is 6.92. The molecule has 2 heteroatoms. The third-order valence-electron chi connectivity index (χ3n) is 5.61. The average Bonchev–Trinajstić information content (AvgIpc) is 2.72. The van der Waals surface area contributed by atoms with Crippen LogP contribution in [-0.2, 0) is 0 Å². The van der Waals surface area contributed by atoms with Gasteiger partial charge in [0.1, 0.15) is 0 Å². The SMILES string of the molecule is CCCC1CCC(C#N)C(N2CCCCCC2CC)C1. The first-order valence-electron chi connectivity index (χ1n) is 8.95. The minimum atomic E-state index is 0.287. The van der Waals surface area contributed by atoms with Crippen molar-refractivity contribution < 1.29 is 0 Å². The molecule has 0 amide bonds. The summed E-state index contributed by atoms with van der Waals surface area (Å²) in [6.45, 7) is 5.86. The van der Waals surface area contributed by atoms with Gasteiger partial charge in [-0.05, 0) is 51.0 Å². The van der Waals surface area contributed by atoms with Crippen LogP contribution in [0.2, 0.25) is 0 Å². The molecule has 0 N–H and O–H groups in total. The van der Waals surface area contributed by atoms with Crippen molar-refractivity contribution in [3.8, 4) is 6.07 Å². The van der Waals surface area contributed by atoms with E-state index in [1.807, 2.05) is 0 Å². The van der Waals surface area contributed by atoms with Crippen LogP contribution in [0.25, 0.3) is 0 Å². The maximum atomic E-state index is 9.56. The average molecular weight is 276 g/mol. The Hall–Kier alpha value is -0.550. The number of hydrogen-bond acceptors (Lipinski definition) is 2. The largest absolute Gasteiger partial charge is 0.296 e. The Labute approximate surface area is 125 Å². The van der Waals surface area contributed by atoms with E-state index in [2.05, 4.69) is 24.8 Å². The number of nitriles is 1. The number of nitrogens with zero attached hydrogens (tertiary/aromatic N) is 2. The van der Waals surface area contributed by atoms with Crippen LogP contribution < -0.4 is 0 Å². The van der Waals surface area contributed by atoms with Gasteiger partial charge in [0.15, 0.2) is 0 Å². The van der Waals surface area contributed by atoms with Crippen molar-refractivity contribution in [3.63, 3.8) is 0 Å². The molecule has 1 saturated carbocycles. The molecule has 0 radical (unpaired) electrons. The van der Waals surface area contributed by atoms with Gasteiger partial charge >= 0.3 is 0 Å². The lowest BCUT2D eigenvalue weighted by Crippen LogP contribution is -2.49. The van der Waals surface area contributed by atoms with Crippen molar-refractivity contribution in [1.82, 2.24) is 4.90 Å². The van der Waals surface area contributed by atoms with Crippen LogP contribution in [0, 0.1) is 23.2 Å².